The number of nitrogens with one attached hydrogen (secondary N) is 1. The van der Waals surface area contributed by atoms with E-state index >= 15 is 0 Å². The Morgan fingerprint density at radius 2 is 1.89 bits per heavy atom. The Bertz CT molecular complexity index is 373. The minimum Gasteiger partial charge on any atom is -0.468 e. The molecule has 0 saturated carbocycles. The van der Waals surface area contributed by atoms with Crippen LogP contribution in [0.15, 0.2) is 24.3 Å². The van der Waals surface area contributed by atoms with Gasteiger partial charge in [-0.3, -0.25) is 10.1 Å². The highest BCUT2D eigenvalue weighted by atomic mass is 16.5. The van der Waals surface area contributed by atoms with E-state index in [1.807, 2.05) is 12.1 Å². The van der Waals surface area contributed by atoms with Gasteiger partial charge in [-0.2, -0.15) is 0 Å². The van der Waals surface area contributed by atoms with Gasteiger partial charge >= 0.3 is 5.97 Å². The van der Waals surface area contributed by atoms with Gasteiger partial charge < -0.3 is 9.84 Å². The maximum absolute atomic E-state index is 11.4. The average Bonchev–Trinajstić information content (AvgIpc) is 2.39. The number of aryl methyl sites for hydroxylation is 1. The van der Waals surface area contributed by atoms with Gasteiger partial charge in [0, 0.05) is 6.54 Å². The molecule has 100 valence electrons. The predicted octanol–water partition coefficient (Wildman–Crippen LogP) is 1.26. The van der Waals surface area contributed by atoms with Crippen molar-refractivity contribution >= 4 is 5.97 Å². The first-order valence-corrected chi connectivity index (χ1v) is 6.15. The molecule has 0 fully saturated rings. The van der Waals surface area contributed by atoms with Gasteiger partial charge in [-0.05, 0) is 24.5 Å². The summed E-state index contributed by atoms with van der Waals surface area (Å²) in [5.74, 6) is -0.449. The van der Waals surface area contributed by atoms with Crippen LogP contribution in [0, 0.1) is 0 Å². The molecule has 18 heavy (non-hydrogen) atoms. The minimum absolute atomic E-state index is 0.449. The van der Waals surface area contributed by atoms with Crippen LogP contribution < -0.4 is 5.32 Å². The number of methoxy groups -OCH3 is 1. The highest BCUT2D eigenvalue weighted by Gasteiger charge is 2.23. The Labute approximate surface area is 108 Å². The number of carbonyl (C=O) groups excluding carboxylic acids is 1. The summed E-state index contributed by atoms with van der Waals surface area (Å²) >= 11 is 0. The van der Waals surface area contributed by atoms with E-state index in [1.54, 1.807) is 6.92 Å². The fourth-order valence-electron chi connectivity index (χ4n) is 1.70. The van der Waals surface area contributed by atoms with Crippen LogP contribution in [-0.4, -0.2) is 30.3 Å². The first kappa shape index (κ1) is 14.7. The molecule has 1 aromatic rings. The summed E-state index contributed by atoms with van der Waals surface area (Å²) in [5.41, 5.74) is 2.35. The van der Waals surface area contributed by atoms with Crippen LogP contribution in [0.4, 0.5) is 0 Å². The van der Waals surface area contributed by atoms with Crippen molar-refractivity contribution in [2.24, 2.45) is 0 Å². The number of ether oxygens (including phenoxy) is 1. The van der Waals surface area contributed by atoms with Gasteiger partial charge in [-0.1, -0.05) is 31.2 Å². The van der Waals surface area contributed by atoms with Gasteiger partial charge in [0.2, 0.25) is 0 Å². The lowest BCUT2D eigenvalue weighted by Gasteiger charge is -2.19. The minimum atomic E-state index is -0.785. The standard InChI is InChI=1S/C14H21NO3/c1-4-11-5-7-12(8-6-11)9-15-13(10(2)16)14(17)18-3/h5-8,10,13,15-16H,4,9H2,1-3H3/t10-,13-/m1/s1. The normalized spacial score (nSPS) is 14.0. The molecule has 1 rings (SSSR count). The summed E-state index contributed by atoms with van der Waals surface area (Å²) in [5, 5.41) is 12.5. The highest BCUT2D eigenvalue weighted by Crippen LogP contribution is 2.06. The molecule has 0 radical (unpaired) electrons. The maximum atomic E-state index is 11.4. The van der Waals surface area contributed by atoms with E-state index in [-0.39, 0.29) is 0 Å². The van der Waals surface area contributed by atoms with Crippen LogP contribution in [0.1, 0.15) is 25.0 Å². The molecule has 2 N–H and O–H groups in total. The van der Waals surface area contributed by atoms with E-state index in [0.717, 1.165) is 12.0 Å². The molecule has 0 spiro atoms. The first-order chi connectivity index (χ1) is 8.58. The van der Waals surface area contributed by atoms with Gasteiger partial charge in [0.1, 0.15) is 6.04 Å². The molecule has 0 unspecified atom stereocenters. The SMILES string of the molecule is CCc1ccc(CN[C@@H](C(=O)OC)[C@@H](C)O)cc1. The van der Waals surface area contributed by atoms with E-state index in [9.17, 15) is 9.90 Å². The van der Waals surface area contributed by atoms with Crippen molar-refractivity contribution in [1.82, 2.24) is 5.32 Å². The molecule has 1 aromatic carbocycles. The topological polar surface area (TPSA) is 58.6 Å². The molecule has 0 bridgehead atoms. The monoisotopic (exact) mass is 251 g/mol. The van der Waals surface area contributed by atoms with E-state index < -0.39 is 18.1 Å². The number of carbonyl (C=O) groups is 1. The van der Waals surface area contributed by atoms with Crippen LogP contribution in [0.2, 0.25) is 0 Å². The van der Waals surface area contributed by atoms with Crippen LogP contribution in [-0.2, 0) is 22.5 Å². The van der Waals surface area contributed by atoms with Crippen molar-refractivity contribution in [2.75, 3.05) is 7.11 Å². The Morgan fingerprint density at radius 1 is 1.33 bits per heavy atom. The summed E-state index contributed by atoms with van der Waals surface area (Å²) in [6.07, 6.45) is 0.221. The zero-order chi connectivity index (χ0) is 13.5. The van der Waals surface area contributed by atoms with Gasteiger partial charge in [0.15, 0.2) is 0 Å². The molecule has 0 heterocycles. The van der Waals surface area contributed by atoms with E-state index in [1.165, 1.54) is 12.7 Å². The first-order valence-electron chi connectivity index (χ1n) is 6.15. The lowest BCUT2D eigenvalue weighted by Crippen LogP contribution is -2.45. The molecule has 0 aliphatic heterocycles. The second kappa shape index (κ2) is 7.13. The fraction of sp³-hybridized carbons (Fsp3) is 0.500. The number of hydrogen-bond acceptors (Lipinski definition) is 4. The largest absolute Gasteiger partial charge is 0.468 e. The number of aliphatic hydroxyl groups is 1. The van der Waals surface area contributed by atoms with Crippen LogP contribution in [0.3, 0.4) is 0 Å². The zero-order valence-electron chi connectivity index (χ0n) is 11.1. The van der Waals surface area contributed by atoms with E-state index in [2.05, 4.69) is 29.1 Å². The third kappa shape index (κ3) is 4.13. The number of benzene rings is 1. The van der Waals surface area contributed by atoms with Crippen LogP contribution in [0.25, 0.3) is 0 Å². The van der Waals surface area contributed by atoms with Crippen molar-refractivity contribution in [3.8, 4) is 0 Å². The number of hydrogen-bond donors (Lipinski definition) is 2. The number of rotatable bonds is 6. The summed E-state index contributed by atoms with van der Waals surface area (Å²) in [4.78, 5) is 11.4. The summed E-state index contributed by atoms with van der Waals surface area (Å²) in [7, 11) is 1.31. The quantitative estimate of drug-likeness (QED) is 0.747. The number of aliphatic hydroxyl groups excluding tert-OH is 1. The van der Waals surface area contributed by atoms with Crippen molar-refractivity contribution in [1.29, 1.82) is 0 Å². The molecule has 4 nitrogen and oxygen atoms in total. The Morgan fingerprint density at radius 3 is 2.33 bits per heavy atom. The molecule has 0 aliphatic carbocycles. The fourth-order valence-corrected chi connectivity index (χ4v) is 1.70. The summed E-state index contributed by atoms with van der Waals surface area (Å²) in [6, 6.07) is 7.46. The molecular formula is C14H21NO3. The number of esters is 1. The highest BCUT2D eigenvalue weighted by molar-refractivity contribution is 5.76. The van der Waals surface area contributed by atoms with Crippen molar-refractivity contribution < 1.29 is 14.6 Å². The third-order valence-corrected chi connectivity index (χ3v) is 2.89. The third-order valence-electron chi connectivity index (χ3n) is 2.89. The second-order valence-electron chi connectivity index (χ2n) is 4.29. The van der Waals surface area contributed by atoms with E-state index in [4.69, 9.17) is 0 Å². The zero-order valence-corrected chi connectivity index (χ0v) is 11.1. The van der Waals surface area contributed by atoms with Gasteiger partial charge in [-0.15, -0.1) is 0 Å². The lowest BCUT2D eigenvalue weighted by molar-refractivity contribution is -0.145. The average molecular weight is 251 g/mol. The molecular weight excluding hydrogens is 230 g/mol. The van der Waals surface area contributed by atoms with Gasteiger partial charge in [0.25, 0.3) is 0 Å². The Hall–Kier alpha value is -1.39. The molecule has 0 amide bonds. The van der Waals surface area contributed by atoms with Gasteiger partial charge in [-0.25, -0.2) is 0 Å². The van der Waals surface area contributed by atoms with Gasteiger partial charge in [0.05, 0.1) is 13.2 Å². The van der Waals surface area contributed by atoms with Crippen LogP contribution in [0.5, 0.6) is 0 Å². The van der Waals surface area contributed by atoms with E-state index in [0.29, 0.717) is 6.54 Å². The molecule has 0 aliphatic rings. The van der Waals surface area contributed by atoms with Crippen molar-refractivity contribution in [3.05, 3.63) is 35.4 Å². The second-order valence-corrected chi connectivity index (χ2v) is 4.29. The Balaban J connectivity index is 2.58. The summed E-state index contributed by atoms with van der Waals surface area (Å²) in [6.45, 7) is 4.19. The molecule has 4 heteroatoms. The van der Waals surface area contributed by atoms with Crippen molar-refractivity contribution in [2.45, 2.75) is 39.0 Å². The molecule has 0 saturated heterocycles. The summed E-state index contributed by atoms with van der Waals surface area (Å²) < 4.78 is 4.64. The smallest absolute Gasteiger partial charge is 0.325 e. The van der Waals surface area contributed by atoms with Crippen molar-refractivity contribution in [3.63, 3.8) is 0 Å². The predicted molar refractivity (Wildman–Crippen MR) is 70.1 cm³/mol. The molecule has 0 aromatic heterocycles. The van der Waals surface area contributed by atoms with Crippen LogP contribution >= 0.6 is 0 Å². The lowest BCUT2D eigenvalue weighted by atomic mass is 10.1. The Kier molecular flexibility index (Phi) is 5.82. The maximum Gasteiger partial charge on any atom is 0.325 e. The molecule has 2 atom stereocenters.